The fraction of sp³-hybridized carbons (Fsp3) is 0.300. The van der Waals surface area contributed by atoms with E-state index in [9.17, 15) is 19.3 Å². The maximum absolute atomic E-state index is 13.3. The molecular formula is C10H10BrFN2O5. The first-order chi connectivity index (χ1) is 8.86. The molecule has 1 rings (SSSR count). The lowest BCUT2D eigenvalue weighted by atomic mass is 10.2. The van der Waals surface area contributed by atoms with E-state index in [1.54, 1.807) is 0 Å². The number of methoxy groups -OCH3 is 1. The molecule has 0 heterocycles. The van der Waals surface area contributed by atoms with E-state index in [-0.39, 0.29) is 22.4 Å². The Morgan fingerprint density at radius 2 is 2.32 bits per heavy atom. The van der Waals surface area contributed by atoms with E-state index in [4.69, 9.17) is 5.11 Å². The molecule has 7 nitrogen and oxygen atoms in total. The molecule has 0 fully saturated rings. The van der Waals surface area contributed by atoms with Gasteiger partial charge in [-0.15, -0.1) is 0 Å². The van der Waals surface area contributed by atoms with Crippen molar-refractivity contribution < 1.29 is 24.0 Å². The molecule has 1 unspecified atom stereocenters. The van der Waals surface area contributed by atoms with Gasteiger partial charge in [0.2, 0.25) is 0 Å². The molecule has 0 aliphatic carbocycles. The molecule has 0 saturated heterocycles. The number of hydrogen-bond donors (Lipinski definition) is 2. The zero-order valence-electron chi connectivity index (χ0n) is 9.72. The average Bonchev–Trinajstić information content (AvgIpc) is 2.33. The second-order valence-corrected chi connectivity index (χ2v) is 4.34. The van der Waals surface area contributed by atoms with Gasteiger partial charge in [0.25, 0.3) is 5.69 Å². The largest absolute Gasteiger partial charge is 0.479 e. The van der Waals surface area contributed by atoms with Crippen molar-refractivity contribution in [1.29, 1.82) is 0 Å². The van der Waals surface area contributed by atoms with Crippen molar-refractivity contribution in [3.8, 4) is 0 Å². The lowest BCUT2D eigenvalue weighted by Gasteiger charge is -2.13. The Hall–Kier alpha value is -1.74. The van der Waals surface area contributed by atoms with Gasteiger partial charge in [0.15, 0.2) is 6.10 Å². The molecule has 0 saturated carbocycles. The Balaban J connectivity index is 2.97. The fourth-order valence-electron chi connectivity index (χ4n) is 1.30. The Kier molecular flexibility index (Phi) is 5.19. The van der Waals surface area contributed by atoms with Crippen molar-refractivity contribution in [3.05, 3.63) is 32.5 Å². The van der Waals surface area contributed by atoms with Crippen LogP contribution < -0.4 is 5.32 Å². The third-order valence-corrected chi connectivity index (χ3v) is 2.88. The number of carbonyl (C=O) groups is 1. The monoisotopic (exact) mass is 336 g/mol. The van der Waals surface area contributed by atoms with Crippen LogP contribution in [0.4, 0.5) is 15.8 Å². The van der Waals surface area contributed by atoms with Gasteiger partial charge in [0.1, 0.15) is 11.5 Å². The van der Waals surface area contributed by atoms with Crippen molar-refractivity contribution in [2.45, 2.75) is 6.10 Å². The van der Waals surface area contributed by atoms with Gasteiger partial charge in [-0.2, -0.15) is 0 Å². The van der Waals surface area contributed by atoms with E-state index in [1.165, 1.54) is 7.11 Å². The van der Waals surface area contributed by atoms with Gasteiger partial charge in [-0.3, -0.25) is 10.1 Å². The molecule has 1 atom stereocenters. The van der Waals surface area contributed by atoms with Crippen LogP contribution in [-0.2, 0) is 9.53 Å². The summed E-state index contributed by atoms with van der Waals surface area (Å²) in [6.45, 7) is -0.228. The summed E-state index contributed by atoms with van der Waals surface area (Å²) in [6.07, 6.45) is -1.19. The highest BCUT2D eigenvalue weighted by atomic mass is 79.9. The number of nitrogens with one attached hydrogen (secondary N) is 1. The highest BCUT2D eigenvalue weighted by molar-refractivity contribution is 9.10. The third kappa shape index (κ3) is 3.86. The summed E-state index contributed by atoms with van der Waals surface area (Å²) < 4.78 is 17.9. The summed E-state index contributed by atoms with van der Waals surface area (Å²) in [4.78, 5) is 20.8. The summed E-state index contributed by atoms with van der Waals surface area (Å²) in [7, 11) is 1.19. The Labute approximate surface area is 115 Å². The van der Waals surface area contributed by atoms with E-state index in [0.29, 0.717) is 0 Å². The fourth-order valence-corrected chi connectivity index (χ4v) is 1.63. The zero-order chi connectivity index (χ0) is 14.6. The highest BCUT2D eigenvalue weighted by Crippen LogP contribution is 2.30. The molecule has 2 N–H and O–H groups in total. The minimum Gasteiger partial charge on any atom is -0.479 e. The van der Waals surface area contributed by atoms with E-state index in [0.717, 1.165) is 12.1 Å². The third-order valence-electron chi connectivity index (χ3n) is 2.27. The summed E-state index contributed by atoms with van der Waals surface area (Å²) in [5, 5.41) is 22.0. The molecule has 1 aromatic rings. The molecule has 9 heteroatoms. The van der Waals surface area contributed by atoms with Crippen LogP contribution in [0.15, 0.2) is 16.6 Å². The van der Waals surface area contributed by atoms with Crippen LogP contribution in [0.5, 0.6) is 0 Å². The first kappa shape index (κ1) is 15.3. The summed E-state index contributed by atoms with van der Waals surface area (Å²) in [5.74, 6) is -1.92. The second-order valence-electron chi connectivity index (χ2n) is 3.48. The Bertz CT molecular complexity index is 511. The van der Waals surface area contributed by atoms with Gasteiger partial charge in [0, 0.05) is 19.2 Å². The number of hydrogen-bond acceptors (Lipinski definition) is 5. The van der Waals surface area contributed by atoms with Gasteiger partial charge in [-0.05, 0) is 15.9 Å². The maximum atomic E-state index is 13.3. The molecule has 0 radical (unpaired) electrons. The van der Waals surface area contributed by atoms with Gasteiger partial charge < -0.3 is 15.2 Å². The topological polar surface area (TPSA) is 102 Å². The van der Waals surface area contributed by atoms with E-state index >= 15 is 0 Å². The minimum absolute atomic E-state index is 0.0497. The molecular weight excluding hydrogens is 327 g/mol. The lowest BCUT2D eigenvalue weighted by Crippen LogP contribution is -2.30. The van der Waals surface area contributed by atoms with Crippen LogP contribution in [0.3, 0.4) is 0 Å². The van der Waals surface area contributed by atoms with Crippen molar-refractivity contribution in [2.75, 3.05) is 19.0 Å². The van der Waals surface area contributed by atoms with Gasteiger partial charge in [-0.1, -0.05) is 0 Å². The SMILES string of the molecule is COC(CNc1cc(F)c(Br)cc1[N+](=O)[O-])C(=O)O. The number of carboxylic acids is 1. The number of benzene rings is 1. The van der Waals surface area contributed by atoms with Crippen LogP contribution in [0.25, 0.3) is 0 Å². The second kappa shape index (κ2) is 6.43. The molecule has 0 aromatic heterocycles. The zero-order valence-corrected chi connectivity index (χ0v) is 11.3. The standard InChI is InChI=1S/C10H10BrFN2O5/c1-19-9(10(15)16)4-13-7-3-6(12)5(11)2-8(7)14(17)18/h2-3,9,13H,4H2,1H3,(H,15,16). The van der Waals surface area contributed by atoms with Crippen molar-refractivity contribution in [2.24, 2.45) is 0 Å². The number of nitro groups is 1. The van der Waals surface area contributed by atoms with Crippen LogP contribution in [0.1, 0.15) is 0 Å². The Morgan fingerprint density at radius 3 is 2.79 bits per heavy atom. The first-order valence-electron chi connectivity index (χ1n) is 4.99. The number of nitrogens with zero attached hydrogens (tertiary/aromatic N) is 1. The number of aliphatic carboxylic acids is 1. The molecule has 1 aromatic carbocycles. The van der Waals surface area contributed by atoms with Gasteiger partial charge in [0.05, 0.1) is 15.9 Å². The molecule has 0 bridgehead atoms. The normalized spacial score (nSPS) is 11.9. The van der Waals surface area contributed by atoms with Crippen LogP contribution in [0, 0.1) is 15.9 Å². The van der Waals surface area contributed by atoms with Gasteiger partial charge in [-0.25, -0.2) is 9.18 Å². The van der Waals surface area contributed by atoms with Crippen molar-refractivity contribution >= 4 is 33.3 Å². The van der Waals surface area contributed by atoms with Crippen LogP contribution in [-0.4, -0.2) is 35.8 Å². The molecule has 19 heavy (non-hydrogen) atoms. The number of halogens is 2. The molecule has 104 valence electrons. The molecule has 0 aliphatic rings. The highest BCUT2D eigenvalue weighted by Gasteiger charge is 2.21. The van der Waals surface area contributed by atoms with Gasteiger partial charge >= 0.3 is 5.97 Å². The molecule has 0 spiro atoms. The van der Waals surface area contributed by atoms with E-state index in [1.807, 2.05) is 0 Å². The first-order valence-corrected chi connectivity index (χ1v) is 5.79. The molecule has 0 aliphatic heterocycles. The Morgan fingerprint density at radius 1 is 1.68 bits per heavy atom. The number of ether oxygens (including phenoxy) is 1. The summed E-state index contributed by atoms with van der Waals surface area (Å²) in [6, 6.07) is 1.91. The number of rotatable bonds is 6. The number of nitro benzene ring substituents is 1. The van der Waals surface area contributed by atoms with E-state index in [2.05, 4.69) is 26.0 Å². The quantitative estimate of drug-likeness (QED) is 0.608. The van der Waals surface area contributed by atoms with Crippen LogP contribution >= 0.6 is 15.9 Å². The van der Waals surface area contributed by atoms with Crippen LogP contribution in [0.2, 0.25) is 0 Å². The maximum Gasteiger partial charge on any atom is 0.334 e. The van der Waals surface area contributed by atoms with E-state index < -0.39 is 22.8 Å². The van der Waals surface area contributed by atoms with Crippen molar-refractivity contribution in [3.63, 3.8) is 0 Å². The molecule has 0 amide bonds. The van der Waals surface area contributed by atoms with Crippen molar-refractivity contribution in [1.82, 2.24) is 0 Å². The lowest BCUT2D eigenvalue weighted by molar-refractivity contribution is -0.384. The number of carboxylic acid groups (broad SMARTS) is 1. The number of anilines is 1. The smallest absolute Gasteiger partial charge is 0.334 e. The summed E-state index contributed by atoms with van der Waals surface area (Å²) >= 11 is 2.84. The minimum atomic E-state index is -1.23. The predicted molar refractivity (Wildman–Crippen MR) is 67.7 cm³/mol. The summed E-state index contributed by atoms with van der Waals surface area (Å²) in [5.41, 5.74) is -0.484. The predicted octanol–water partition coefficient (Wildman–Crippen LogP) is 2.01. The average molecular weight is 337 g/mol.